The number of rotatable bonds is 10. The zero-order valence-electron chi connectivity index (χ0n) is 26.8. The Morgan fingerprint density at radius 3 is 2.62 bits per heavy atom. The van der Waals surface area contributed by atoms with Gasteiger partial charge in [-0.25, -0.2) is 23.9 Å². The lowest BCUT2D eigenvalue weighted by molar-refractivity contribution is -0.155. The van der Waals surface area contributed by atoms with E-state index in [0.29, 0.717) is 60.8 Å². The molecule has 1 unspecified atom stereocenters. The number of aliphatic imine (C=N–C) groups is 1. The highest BCUT2D eigenvalue weighted by Gasteiger charge is 2.47. The first-order valence-electron chi connectivity index (χ1n) is 15.2. The number of carbonyl (C=O) groups excluding carboxylic acids is 2. The predicted molar refractivity (Wildman–Crippen MR) is 170 cm³/mol. The molecule has 2 aliphatic heterocycles. The number of nitrogens with one attached hydrogen (secondary N) is 2. The number of nitrogens with zero attached hydrogens (tertiary/aromatic N) is 4. The Morgan fingerprint density at radius 2 is 1.91 bits per heavy atom. The SMILES string of the molecule is COCCN1C[C@](C)(NC(=O)NC2=C(C)C(c3cnc(C(=O)OC)c(CF)c3)=NCCC2c2ccccc2)[C@H](c2ccnc(F)c2)O1. The number of carbonyl (C=O) groups is 2. The van der Waals surface area contributed by atoms with Crippen LogP contribution in [-0.2, 0) is 21.0 Å². The first-order chi connectivity index (χ1) is 22.7. The van der Waals surface area contributed by atoms with E-state index in [4.69, 9.17) is 19.3 Å². The number of urea groups is 1. The molecule has 0 spiro atoms. The zero-order chi connectivity index (χ0) is 33.6. The summed E-state index contributed by atoms with van der Waals surface area (Å²) in [5.74, 6) is -1.63. The molecule has 2 amide bonds. The van der Waals surface area contributed by atoms with E-state index in [1.807, 2.05) is 44.2 Å². The van der Waals surface area contributed by atoms with E-state index >= 15 is 0 Å². The molecular formula is C34H38F2N6O5. The van der Waals surface area contributed by atoms with Gasteiger partial charge in [0.05, 0.1) is 31.5 Å². The molecule has 1 aromatic carbocycles. The molecule has 2 aliphatic rings. The highest BCUT2D eigenvalue weighted by molar-refractivity contribution is 6.13. The third-order valence-corrected chi connectivity index (χ3v) is 8.34. The van der Waals surface area contributed by atoms with E-state index in [1.54, 1.807) is 18.2 Å². The Bertz CT molecular complexity index is 1670. The fourth-order valence-corrected chi connectivity index (χ4v) is 6.09. The number of benzene rings is 1. The van der Waals surface area contributed by atoms with Crippen molar-refractivity contribution in [3.05, 3.63) is 106 Å². The van der Waals surface area contributed by atoms with E-state index in [-0.39, 0.29) is 17.2 Å². The highest BCUT2D eigenvalue weighted by atomic mass is 19.1. The normalized spacial score (nSPS) is 21.6. The lowest BCUT2D eigenvalue weighted by Gasteiger charge is -2.31. The fraction of sp³-hybridized carbons (Fsp3) is 0.382. The molecule has 1 saturated heterocycles. The second kappa shape index (κ2) is 14.9. The quantitative estimate of drug-likeness (QED) is 0.237. The molecule has 2 N–H and O–H groups in total. The minimum atomic E-state index is -0.979. The van der Waals surface area contributed by atoms with Crippen molar-refractivity contribution in [2.24, 2.45) is 4.99 Å². The largest absolute Gasteiger partial charge is 0.464 e. The molecule has 13 heteroatoms. The maximum Gasteiger partial charge on any atom is 0.357 e. The van der Waals surface area contributed by atoms with Gasteiger partial charge >= 0.3 is 12.0 Å². The van der Waals surface area contributed by atoms with Gasteiger partial charge in [-0.15, -0.1) is 0 Å². The van der Waals surface area contributed by atoms with Crippen LogP contribution in [0.3, 0.4) is 0 Å². The van der Waals surface area contributed by atoms with Crippen LogP contribution < -0.4 is 10.6 Å². The van der Waals surface area contributed by atoms with Crippen molar-refractivity contribution < 1.29 is 32.7 Å². The Labute approximate surface area is 272 Å². The van der Waals surface area contributed by atoms with Crippen molar-refractivity contribution in [2.75, 3.05) is 40.5 Å². The van der Waals surface area contributed by atoms with Crippen LogP contribution in [0.5, 0.6) is 0 Å². The number of amides is 2. The van der Waals surface area contributed by atoms with Crippen LogP contribution in [0.25, 0.3) is 0 Å². The molecule has 2 aromatic heterocycles. The molecule has 1 fully saturated rings. The molecule has 5 rings (SSSR count). The van der Waals surface area contributed by atoms with Crippen LogP contribution >= 0.6 is 0 Å². The van der Waals surface area contributed by atoms with Gasteiger partial charge < -0.3 is 20.1 Å². The molecular weight excluding hydrogens is 610 g/mol. The fourth-order valence-electron chi connectivity index (χ4n) is 6.09. The van der Waals surface area contributed by atoms with Gasteiger partial charge in [-0.1, -0.05) is 30.3 Å². The number of esters is 1. The van der Waals surface area contributed by atoms with Crippen LogP contribution in [0.2, 0.25) is 0 Å². The Morgan fingerprint density at radius 1 is 1.13 bits per heavy atom. The average molecular weight is 649 g/mol. The standard InChI is InChI=1S/C34H38F2N6O5/c1-21-28(25-16-24(18-35)30(39-19-25)32(43)46-4)38-13-11-26(22-8-6-5-7-9-22)29(21)40-33(44)41-34(2)20-42(14-15-45-3)47-31(34)23-10-12-37-27(36)17-23/h5-10,12,16-17,19,26,31H,11,13-15,18,20H2,1-4H3,(H2,40,41,44)/t26?,31-,34-/m0/s1. The molecule has 3 aromatic rings. The lowest BCUT2D eigenvalue weighted by Crippen LogP contribution is -2.54. The molecule has 0 aliphatic carbocycles. The first-order valence-corrected chi connectivity index (χ1v) is 15.2. The number of ether oxygens (including phenoxy) is 2. The maximum atomic E-state index is 14.2. The summed E-state index contributed by atoms with van der Waals surface area (Å²) in [5, 5.41) is 7.90. The average Bonchev–Trinajstić information content (AvgIpc) is 3.32. The molecule has 3 atom stereocenters. The molecule has 11 nitrogen and oxygen atoms in total. The van der Waals surface area contributed by atoms with Crippen LogP contribution in [0, 0.1) is 5.95 Å². The lowest BCUT2D eigenvalue weighted by atomic mass is 9.88. The number of alkyl halides is 1. The summed E-state index contributed by atoms with van der Waals surface area (Å²) >= 11 is 0. The van der Waals surface area contributed by atoms with E-state index < -0.39 is 36.3 Å². The third-order valence-electron chi connectivity index (χ3n) is 8.34. The highest BCUT2D eigenvalue weighted by Crippen LogP contribution is 2.38. The van der Waals surface area contributed by atoms with Gasteiger partial charge in [0.25, 0.3) is 0 Å². The second-order valence-corrected chi connectivity index (χ2v) is 11.6. The monoisotopic (exact) mass is 648 g/mol. The Kier molecular flexibility index (Phi) is 10.7. The predicted octanol–water partition coefficient (Wildman–Crippen LogP) is 4.82. The molecule has 4 heterocycles. The van der Waals surface area contributed by atoms with Gasteiger partial charge in [0.15, 0.2) is 5.69 Å². The number of halogens is 2. The molecule has 47 heavy (non-hydrogen) atoms. The van der Waals surface area contributed by atoms with Crippen molar-refractivity contribution in [1.82, 2.24) is 25.7 Å². The van der Waals surface area contributed by atoms with E-state index in [9.17, 15) is 18.4 Å². The molecule has 0 saturated carbocycles. The third kappa shape index (κ3) is 7.53. The van der Waals surface area contributed by atoms with Crippen LogP contribution in [-0.4, -0.2) is 78.7 Å². The number of methoxy groups -OCH3 is 2. The van der Waals surface area contributed by atoms with Crippen molar-refractivity contribution in [2.45, 2.75) is 44.5 Å². The van der Waals surface area contributed by atoms with Crippen LogP contribution in [0.15, 0.2) is 77.2 Å². The minimum Gasteiger partial charge on any atom is -0.464 e. The van der Waals surface area contributed by atoms with E-state index in [1.165, 1.54) is 31.6 Å². The van der Waals surface area contributed by atoms with E-state index in [2.05, 4.69) is 20.6 Å². The Balaban J connectivity index is 1.50. The maximum absolute atomic E-state index is 14.2. The topological polar surface area (TPSA) is 127 Å². The first kappa shape index (κ1) is 33.8. The van der Waals surface area contributed by atoms with Crippen molar-refractivity contribution in [3.63, 3.8) is 0 Å². The van der Waals surface area contributed by atoms with Crippen LogP contribution in [0.1, 0.15) is 65.0 Å². The summed E-state index contributed by atoms with van der Waals surface area (Å²) in [6.45, 7) is 4.30. The Hall–Kier alpha value is -4.59. The van der Waals surface area contributed by atoms with Crippen molar-refractivity contribution >= 4 is 17.7 Å². The summed E-state index contributed by atoms with van der Waals surface area (Å²) in [6.07, 6.45) is 2.68. The minimum absolute atomic E-state index is 0.0757. The summed E-state index contributed by atoms with van der Waals surface area (Å²) in [6, 6.07) is 13.8. The summed E-state index contributed by atoms with van der Waals surface area (Å²) in [5.41, 5.74) is 2.77. The second-order valence-electron chi connectivity index (χ2n) is 11.6. The van der Waals surface area contributed by atoms with E-state index in [0.717, 1.165) is 5.56 Å². The number of aromatic nitrogens is 2. The zero-order valence-corrected chi connectivity index (χ0v) is 26.8. The van der Waals surface area contributed by atoms with Gasteiger partial charge in [0, 0.05) is 55.3 Å². The number of pyridine rings is 2. The summed E-state index contributed by atoms with van der Waals surface area (Å²) in [4.78, 5) is 45.0. The smallest absolute Gasteiger partial charge is 0.357 e. The van der Waals surface area contributed by atoms with Gasteiger partial charge in [0.2, 0.25) is 5.95 Å². The van der Waals surface area contributed by atoms with Crippen molar-refractivity contribution in [1.29, 1.82) is 0 Å². The summed E-state index contributed by atoms with van der Waals surface area (Å²) in [7, 11) is 2.80. The van der Waals surface area contributed by atoms with Crippen molar-refractivity contribution in [3.8, 4) is 0 Å². The molecule has 0 radical (unpaired) electrons. The number of hydrogen-bond acceptors (Lipinski definition) is 9. The number of hydrogen-bond donors (Lipinski definition) is 2. The number of allylic oxidation sites excluding steroid dienone is 2. The molecule has 248 valence electrons. The molecule has 0 bridgehead atoms. The summed E-state index contributed by atoms with van der Waals surface area (Å²) < 4.78 is 38.2. The van der Waals surface area contributed by atoms with Gasteiger partial charge in [-0.05, 0) is 55.2 Å². The number of hydroxylamine groups is 2. The van der Waals surface area contributed by atoms with Gasteiger partial charge in [-0.3, -0.25) is 9.83 Å². The van der Waals surface area contributed by atoms with Gasteiger partial charge in [0.1, 0.15) is 12.8 Å². The van der Waals surface area contributed by atoms with Gasteiger partial charge in [-0.2, -0.15) is 9.45 Å². The van der Waals surface area contributed by atoms with Crippen LogP contribution in [0.4, 0.5) is 13.6 Å².